The molecule has 0 saturated heterocycles. The molecule has 0 aliphatic carbocycles. The number of rotatable bonds is 6. The molecule has 0 spiro atoms. The number of hydrogen-bond acceptors (Lipinski definition) is 4. The molecule has 0 fully saturated rings. The maximum absolute atomic E-state index is 5.44. The number of benzene rings is 1. The lowest BCUT2D eigenvalue weighted by Gasteiger charge is -2.08. The lowest BCUT2D eigenvalue weighted by atomic mass is 10.1. The predicted octanol–water partition coefficient (Wildman–Crippen LogP) is 3.93. The Morgan fingerprint density at radius 1 is 1.22 bits per heavy atom. The van der Waals surface area contributed by atoms with Gasteiger partial charge in [-0.3, -0.25) is 0 Å². The third-order valence-electron chi connectivity index (χ3n) is 3.77. The van der Waals surface area contributed by atoms with Gasteiger partial charge in [0, 0.05) is 29.9 Å². The molecule has 120 valence electrons. The van der Waals surface area contributed by atoms with E-state index >= 15 is 0 Å². The lowest BCUT2D eigenvalue weighted by Crippen LogP contribution is -2.07. The van der Waals surface area contributed by atoms with E-state index in [4.69, 9.17) is 9.84 Å². The van der Waals surface area contributed by atoms with Gasteiger partial charge >= 0.3 is 0 Å². The van der Waals surface area contributed by atoms with Gasteiger partial charge in [-0.1, -0.05) is 25.5 Å². The highest BCUT2D eigenvalue weighted by Gasteiger charge is 2.12. The first-order valence-corrected chi connectivity index (χ1v) is 7.97. The Bertz CT molecular complexity index is 810. The van der Waals surface area contributed by atoms with Crippen molar-refractivity contribution in [3.05, 3.63) is 42.1 Å². The Morgan fingerprint density at radius 2 is 2.04 bits per heavy atom. The van der Waals surface area contributed by atoms with Crippen LogP contribution in [0.3, 0.4) is 0 Å². The van der Waals surface area contributed by atoms with Gasteiger partial charge in [-0.05, 0) is 25.5 Å². The molecule has 0 bridgehead atoms. The van der Waals surface area contributed by atoms with Gasteiger partial charge in [0.25, 0.3) is 0 Å². The van der Waals surface area contributed by atoms with Crippen molar-refractivity contribution < 1.29 is 4.74 Å². The van der Waals surface area contributed by atoms with Gasteiger partial charge in [-0.15, -0.1) is 0 Å². The molecule has 5 nitrogen and oxygen atoms in total. The van der Waals surface area contributed by atoms with Crippen molar-refractivity contribution >= 4 is 11.5 Å². The first kappa shape index (κ1) is 15.3. The summed E-state index contributed by atoms with van der Waals surface area (Å²) in [7, 11) is 1.68. The molecule has 2 heterocycles. The van der Waals surface area contributed by atoms with Gasteiger partial charge in [0.1, 0.15) is 11.6 Å². The highest BCUT2D eigenvalue weighted by molar-refractivity contribution is 5.71. The standard InChI is InChI=1S/C18H22N4O/c1-4-5-10-19-17-11-13(2)20-18-12-15(21-22(17)18)14-8-6-7-9-16(14)23-3/h6-9,11-12,19H,4-5,10H2,1-3H3. The Morgan fingerprint density at radius 3 is 2.83 bits per heavy atom. The molecule has 3 aromatic rings. The molecule has 1 aromatic carbocycles. The second-order valence-corrected chi connectivity index (χ2v) is 5.56. The van der Waals surface area contributed by atoms with Crippen LogP contribution in [0.25, 0.3) is 16.9 Å². The summed E-state index contributed by atoms with van der Waals surface area (Å²) in [4.78, 5) is 4.59. The van der Waals surface area contributed by atoms with Crippen LogP contribution < -0.4 is 10.1 Å². The number of anilines is 1. The topological polar surface area (TPSA) is 51.5 Å². The van der Waals surface area contributed by atoms with E-state index in [9.17, 15) is 0 Å². The van der Waals surface area contributed by atoms with Crippen LogP contribution in [0.1, 0.15) is 25.5 Å². The average molecular weight is 310 g/mol. The quantitative estimate of drug-likeness (QED) is 0.701. The van der Waals surface area contributed by atoms with Crippen molar-refractivity contribution in [1.29, 1.82) is 0 Å². The number of methoxy groups -OCH3 is 1. The fourth-order valence-electron chi connectivity index (χ4n) is 2.61. The normalized spacial score (nSPS) is 10.9. The highest BCUT2D eigenvalue weighted by Crippen LogP contribution is 2.29. The molecule has 0 aliphatic heterocycles. The zero-order valence-corrected chi connectivity index (χ0v) is 13.8. The summed E-state index contributed by atoms with van der Waals surface area (Å²) in [6, 6.07) is 11.9. The summed E-state index contributed by atoms with van der Waals surface area (Å²) >= 11 is 0. The molecule has 1 N–H and O–H groups in total. The first-order chi connectivity index (χ1) is 11.2. The number of ether oxygens (including phenoxy) is 1. The number of para-hydroxylation sites is 1. The number of fused-ring (bicyclic) bond motifs is 1. The highest BCUT2D eigenvalue weighted by atomic mass is 16.5. The largest absolute Gasteiger partial charge is 0.496 e. The average Bonchev–Trinajstić information content (AvgIpc) is 2.98. The molecule has 0 amide bonds. The van der Waals surface area contributed by atoms with E-state index in [2.05, 4.69) is 17.2 Å². The van der Waals surface area contributed by atoms with Gasteiger partial charge in [-0.2, -0.15) is 9.61 Å². The van der Waals surface area contributed by atoms with Crippen LogP contribution in [0.5, 0.6) is 5.75 Å². The Kier molecular flexibility index (Phi) is 4.46. The number of nitrogens with one attached hydrogen (secondary N) is 1. The van der Waals surface area contributed by atoms with Crippen molar-refractivity contribution in [3.63, 3.8) is 0 Å². The van der Waals surface area contributed by atoms with Crippen LogP contribution in [0, 0.1) is 6.92 Å². The predicted molar refractivity (Wildman–Crippen MR) is 93.1 cm³/mol. The van der Waals surface area contributed by atoms with Crippen LogP contribution in [-0.2, 0) is 0 Å². The number of hydrogen-bond donors (Lipinski definition) is 1. The summed E-state index contributed by atoms with van der Waals surface area (Å²) in [5.41, 5.74) is 3.64. The fraction of sp³-hybridized carbons (Fsp3) is 0.333. The van der Waals surface area contributed by atoms with Crippen molar-refractivity contribution in [2.75, 3.05) is 19.0 Å². The smallest absolute Gasteiger partial charge is 0.158 e. The third-order valence-corrected chi connectivity index (χ3v) is 3.77. The van der Waals surface area contributed by atoms with Crippen molar-refractivity contribution in [2.45, 2.75) is 26.7 Å². The molecule has 3 rings (SSSR count). The zero-order chi connectivity index (χ0) is 16.2. The van der Waals surface area contributed by atoms with Gasteiger partial charge < -0.3 is 10.1 Å². The SMILES string of the molecule is CCCCNc1cc(C)nc2cc(-c3ccccc3OC)nn12. The molecule has 0 aliphatic rings. The van der Waals surface area contributed by atoms with Crippen LogP contribution in [0.4, 0.5) is 5.82 Å². The second-order valence-electron chi connectivity index (χ2n) is 5.56. The molecule has 0 atom stereocenters. The van der Waals surface area contributed by atoms with E-state index in [1.165, 1.54) is 0 Å². The second kappa shape index (κ2) is 6.69. The van der Waals surface area contributed by atoms with Gasteiger partial charge in [0.2, 0.25) is 0 Å². The van der Waals surface area contributed by atoms with E-state index in [0.717, 1.165) is 53.6 Å². The lowest BCUT2D eigenvalue weighted by molar-refractivity contribution is 0.416. The van der Waals surface area contributed by atoms with Gasteiger partial charge in [-0.25, -0.2) is 4.98 Å². The van der Waals surface area contributed by atoms with Crippen molar-refractivity contribution in [3.8, 4) is 17.0 Å². The Hall–Kier alpha value is -2.56. The van der Waals surface area contributed by atoms with E-state index < -0.39 is 0 Å². The van der Waals surface area contributed by atoms with Gasteiger partial charge in [0.05, 0.1) is 12.8 Å². The van der Waals surface area contributed by atoms with Crippen molar-refractivity contribution in [2.24, 2.45) is 0 Å². The number of unbranched alkanes of at least 4 members (excludes halogenated alkanes) is 1. The van der Waals surface area contributed by atoms with Crippen molar-refractivity contribution in [1.82, 2.24) is 14.6 Å². The first-order valence-electron chi connectivity index (χ1n) is 7.97. The minimum absolute atomic E-state index is 0.813. The molecule has 23 heavy (non-hydrogen) atoms. The summed E-state index contributed by atoms with van der Waals surface area (Å²) in [5.74, 6) is 1.79. The monoisotopic (exact) mass is 310 g/mol. The molecule has 5 heteroatoms. The minimum Gasteiger partial charge on any atom is -0.496 e. The number of aromatic nitrogens is 3. The van der Waals surface area contributed by atoms with E-state index in [-0.39, 0.29) is 0 Å². The molecule has 0 unspecified atom stereocenters. The molecule has 0 radical (unpaired) electrons. The van der Waals surface area contributed by atoms with Crippen LogP contribution in [0.2, 0.25) is 0 Å². The third kappa shape index (κ3) is 3.13. The summed E-state index contributed by atoms with van der Waals surface area (Å²) in [6.07, 6.45) is 2.29. The number of aryl methyl sites for hydroxylation is 1. The van der Waals surface area contributed by atoms with E-state index in [1.54, 1.807) is 7.11 Å². The van der Waals surface area contributed by atoms with Crippen LogP contribution in [-0.4, -0.2) is 28.3 Å². The number of nitrogens with zero attached hydrogens (tertiary/aromatic N) is 3. The molecule has 2 aromatic heterocycles. The Labute approximate surface area is 136 Å². The fourth-order valence-corrected chi connectivity index (χ4v) is 2.61. The summed E-state index contributed by atoms with van der Waals surface area (Å²) in [5, 5.41) is 8.18. The Balaban J connectivity index is 2.05. The van der Waals surface area contributed by atoms with Gasteiger partial charge in [0.15, 0.2) is 5.65 Å². The maximum Gasteiger partial charge on any atom is 0.158 e. The maximum atomic E-state index is 5.44. The summed E-state index contributed by atoms with van der Waals surface area (Å²) < 4.78 is 7.31. The molecule has 0 saturated carbocycles. The molecular weight excluding hydrogens is 288 g/mol. The van der Waals surface area contributed by atoms with Crippen LogP contribution in [0.15, 0.2) is 36.4 Å². The molecular formula is C18H22N4O. The minimum atomic E-state index is 0.813. The zero-order valence-electron chi connectivity index (χ0n) is 13.8. The summed E-state index contributed by atoms with van der Waals surface area (Å²) in [6.45, 7) is 5.11. The van der Waals surface area contributed by atoms with E-state index in [0.29, 0.717) is 0 Å². The van der Waals surface area contributed by atoms with E-state index in [1.807, 2.05) is 47.8 Å². The van der Waals surface area contributed by atoms with Crippen LogP contribution >= 0.6 is 0 Å².